The third kappa shape index (κ3) is 2.65. The number of hydrogen-bond donors (Lipinski definition) is 1. The van der Waals surface area contributed by atoms with Gasteiger partial charge in [-0.3, -0.25) is 4.68 Å². The zero-order valence-electron chi connectivity index (χ0n) is 12.2. The molecular weight excluding hydrogens is 266 g/mol. The number of nitrogens with zero attached hydrogens (tertiary/aromatic N) is 4. The number of nitrogens with one attached hydrogen (secondary N) is 1. The molecule has 6 nitrogen and oxygen atoms in total. The zero-order valence-corrected chi connectivity index (χ0v) is 12.2. The van der Waals surface area contributed by atoms with E-state index in [1.807, 2.05) is 36.0 Å². The molecule has 1 atom stereocenters. The lowest BCUT2D eigenvalue weighted by Crippen LogP contribution is -2.12. The first kappa shape index (κ1) is 13.4. The van der Waals surface area contributed by atoms with E-state index in [0.29, 0.717) is 5.89 Å². The van der Waals surface area contributed by atoms with Crippen LogP contribution in [-0.2, 0) is 7.05 Å². The van der Waals surface area contributed by atoms with Crippen molar-refractivity contribution in [3.63, 3.8) is 0 Å². The largest absolute Gasteiger partial charge is 0.423 e. The molecule has 108 valence electrons. The van der Waals surface area contributed by atoms with Crippen LogP contribution < -0.4 is 5.32 Å². The molecular formula is C15H17N5O. The van der Waals surface area contributed by atoms with Gasteiger partial charge in [0.1, 0.15) is 0 Å². The highest BCUT2D eigenvalue weighted by atomic mass is 16.4. The molecule has 0 amide bonds. The van der Waals surface area contributed by atoms with Crippen molar-refractivity contribution in [1.29, 1.82) is 0 Å². The van der Waals surface area contributed by atoms with Gasteiger partial charge in [-0.25, -0.2) is 0 Å². The Labute approximate surface area is 122 Å². The molecule has 0 fully saturated rings. The second-order valence-corrected chi connectivity index (χ2v) is 5.02. The maximum absolute atomic E-state index is 5.25. The van der Waals surface area contributed by atoms with Gasteiger partial charge in [0, 0.05) is 24.5 Å². The van der Waals surface area contributed by atoms with E-state index in [2.05, 4.69) is 34.5 Å². The lowest BCUT2D eigenvalue weighted by Gasteiger charge is -2.17. The van der Waals surface area contributed by atoms with Gasteiger partial charge in [0.2, 0.25) is 12.3 Å². The standard InChI is InChI=1S/C15H17N5O/c1-10-4-5-12(15-19-16-9-21-15)8-13(10)18-11(2)14-6-7-17-20(14)3/h4-9,11,18H,1-3H3. The van der Waals surface area contributed by atoms with Crippen molar-refractivity contribution in [3.05, 3.63) is 48.1 Å². The summed E-state index contributed by atoms with van der Waals surface area (Å²) in [6.45, 7) is 4.17. The van der Waals surface area contributed by atoms with Gasteiger partial charge in [-0.05, 0) is 37.6 Å². The van der Waals surface area contributed by atoms with Crippen molar-refractivity contribution in [2.75, 3.05) is 5.32 Å². The summed E-state index contributed by atoms with van der Waals surface area (Å²) < 4.78 is 7.12. The lowest BCUT2D eigenvalue weighted by atomic mass is 10.1. The number of rotatable bonds is 4. The maximum atomic E-state index is 5.25. The number of anilines is 1. The molecule has 3 aromatic rings. The summed E-state index contributed by atoms with van der Waals surface area (Å²) in [5.41, 5.74) is 4.22. The summed E-state index contributed by atoms with van der Waals surface area (Å²) in [6.07, 6.45) is 3.13. The smallest absolute Gasteiger partial charge is 0.247 e. The molecule has 0 aliphatic heterocycles. The minimum Gasteiger partial charge on any atom is -0.423 e. The molecule has 0 spiro atoms. The van der Waals surface area contributed by atoms with E-state index in [1.165, 1.54) is 6.39 Å². The van der Waals surface area contributed by atoms with Crippen LogP contribution in [0, 0.1) is 6.92 Å². The highest BCUT2D eigenvalue weighted by Gasteiger charge is 2.12. The van der Waals surface area contributed by atoms with Gasteiger partial charge in [-0.1, -0.05) is 6.07 Å². The van der Waals surface area contributed by atoms with Crippen molar-refractivity contribution in [1.82, 2.24) is 20.0 Å². The molecule has 0 radical (unpaired) electrons. The Morgan fingerprint density at radius 1 is 1.29 bits per heavy atom. The van der Waals surface area contributed by atoms with Crippen LogP contribution in [0.2, 0.25) is 0 Å². The molecule has 6 heteroatoms. The number of hydrogen-bond acceptors (Lipinski definition) is 5. The molecule has 1 aromatic carbocycles. The second-order valence-electron chi connectivity index (χ2n) is 5.02. The van der Waals surface area contributed by atoms with Crippen LogP contribution in [0.5, 0.6) is 0 Å². The molecule has 3 rings (SSSR count). The van der Waals surface area contributed by atoms with E-state index in [0.717, 1.165) is 22.5 Å². The van der Waals surface area contributed by atoms with Crippen molar-refractivity contribution in [2.24, 2.45) is 7.05 Å². The van der Waals surface area contributed by atoms with Crippen molar-refractivity contribution < 1.29 is 4.42 Å². The summed E-state index contributed by atoms with van der Waals surface area (Å²) >= 11 is 0. The lowest BCUT2D eigenvalue weighted by molar-refractivity contribution is 0.568. The third-order valence-electron chi connectivity index (χ3n) is 3.52. The fraction of sp³-hybridized carbons (Fsp3) is 0.267. The molecule has 2 aromatic heterocycles. The molecule has 0 aliphatic rings. The second kappa shape index (κ2) is 5.40. The molecule has 1 unspecified atom stereocenters. The average molecular weight is 283 g/mol. The summed E-state index contributed by atoms with van der Waals surface area (Å²) in [5.74, 6) is 0.520. The zero-order chi connectivity index (χ0) is 14.8. The monoisotopic (exact) mass is 283 g/mol. The maximum Gasteiger partial charge on any atom is 0.247 e. The molecule has 21 heavy (non-hydrogen) atoms. The molecule has 0 saturated heterocycles. The Kier molecular flexibility index (Phi) is 3.43. The van der Waals surface area contributed by atoms with E-state index >= 15 is 0 Å². The molecule has 2 heterocycles. The van der Waals surface area contributed by atoms with E-state index in [-0.39, 0.29) is 6.04 Å². The first-order chi connectivity index (χ1) is 10.1. The molecule has 0 aliphatic carbocycles. The number of benzene rings is 1. The van der Waals surface area contributed by atoms with Crippen LogP contribution in [0.15, 0.2) is 41.3 Å². The first-order valence-corrected chi connectivity index (χ1v) is 6.77. The van der Waals surface area contributed by atoms with Crippen molar-refractivity contribution >= 4 is 5.69 Å². The van der Waals surface area contributed by atoms with E-state index in [9.17, 15) is 0 Å². The van der Waals surface area contributed by atoms with Crippen LogP contribution >= 0.6 is 0 Å². The van der Waals surface area contributed by atoms with E-state index in [1.54, 1.807) is 6.20 Å². The first-order valence-electron chi connectivity index (χ1n) is 6.77. The number of aryl methyl sites for hydroxylation is 2. The average Bonchev–Trinajstić information content (AvgIpc) is 3.12. The van der Waals surface area contributed by atoms with Crippen LogP contribution in [-0.4, -0.2) is 20.0 Å². The number of aromatic nitrogens is 4. The minimum absolute atomic E-state index is 0.147. The summed E-state index contributed by atoms with van der Waals surface area (Å²) in [7, 11) is 1.94. The van der Waals surface area contributed by atoms with Crippen molar-refractivity contribution in [2.45, 2.75) is 19.9 Å². The van der Waals surface area contributed by atoms with Crippen LogP contribution in [0.3, 0.4) is 0 Å². The van der Waals surface area contributed by atoms with Crippen LogP contribution in [0.1, 0.15) is 24.2 Å². The third-order valence-corrected chi connectivity index (χ3v) is 3.52. The molecule has 0 bridgehead atoms. The predicted octanol–water partition coefficient (Wildman–Crippen LogP) is 2.95. The highest BCUT2D eigenvalue weighted by molar-refractivity contribution is 5.64. The Bertz CT molecular complexity index is 732. The van der Waals surface area contributed by atoms with Crippen LogP contribution in [0.4, 0.5) is 5.69 Å². The Hall–Kier alpha value is -2.63. The highest BCUT2D eigenvalue weighted by Crippen LogP contribution is 2.27. The van der Waals surface area contributed by atoms with Gasteiger partial charge in [-0.15, -0.1) is 10.2 Å². The minimum atomic E-state index is 0.147. The van der Waals surface area contributed by atoms with Gasteiger partial charge < -0.3 is 9.73 Å². The summed E-state index contributed by atoms with van der Waals surface area (Å²) in [6, 6.07) is 8.19. The summed E-state index contributed by atoms with van der Waals surface area (Å²) in [5, 5.41) is 15.4. The van der Waals surface area contributed by atoms with Crippen molar-refractivity contribution in [3.8, 4) is 11.5 Å². The topological polar surface area (TPSA) is 68.8 Å². The van der Waals surface area contributed by atoms with Gasteiger partial charge in [0.15, 0.2) is 0 Å². The predicted molar refractivity (Wildman–Crippen MR) is 79.7 cm³/mol. The van der Waals surface area contributed by atoms with Gasteiger partial charge in [0.25, 0.3) is 0 Å². The fourth-order valence-electron chi connectivity index (χ4n) is 2.33. The van der Waals surface area contributed by atoms with Gasteiger partial charge in [0.05, 0.1) is 11.7 Å². The van der Waals surface area contributed by atoms with Crippen LogP contribution in [0.25, 0.3) is 11.5 Å². The Morgan fingerprint density at radius 3 is 2.81 bits per heavy atom. The SMILES string of the molecule is Cc1ccc(-c2nnco2)cc1NC(C)c1ccnn1C. The normalized spacial score (nSPS) is 12.3. The van der Waals surface area contributed by atoms with E-state index < -0.39 is 0 Å². The van der Waals surface area contributed by atoms with Gasteiger partial charge in [-0.2, -0.15) is 5.10 Å². The van der Waals surface area contributed by atoms with Gasteiger partial charge >= 0.3 is 0 Å². The van der Waals surface area contributed by atoms with E-state index in [4.69, 9.17) is 4.42 Å². The fourth-order valence-corrected chi connectivity index (χ4v) is 2.33. The molecule has 0 saturated carbocycles. The quantitative estimate of drug-likeness (QED) is 0.797. The Morgan fingerprint density at radius 2 is 2.14 bits per heavy atom. The Balaban J connectivity index is 1.88. The molecule has 1 N–H and O–H groups in total. The summed E-state index contributed by atoms with van der Waals surface area (Å²) in [4.78, 5) is 0.